The first-order chi connectivity index (χ1) is 24.0. The summed E-state index contributed by atoms with van der Waals surface area (Å²) in [6.45, 7) is 13.0. The van der Waals surface area contributed by atoms with Crippen LogP contribution >= 0.6 is 0 Å². The van der Waals surface area contributed by atoms with Gasteiger partial charge >= 0.3 is 7.12 Å². The minimum absolute atomic E-state index is 0.131. The van der Waals surface area contributed by atoms with Crippen LogP contribution in [0.5, 0.6) is 0 Å². The van der Waals surface area contributed by atoms with Crippen LogP contribution in [0.15, 0.2) is 138 Å². The summed E-state index contributed by atoms with van der Waals surface area (Å²) in [5, 5.41) is 2.09. The lowest BCUT2D eigenvalue weighted by Crippen LogP contribution is -2.41. The Labute approximate surface area is 294 Å². The lowest BCUT2D eigenvalue weighted by Gasteiger charge is -2.32. The van der Waals surface area contributed by atoms with Gasteiger partial charge in [0, 0.05) is 33.0 Å². The molecule has 2 aliphatic rings. The minimum Gasteiger partial charge on any atom is -0.454 e. The van der Waals surface area contributed by atoms with Gasteiger partial charge in [-0.1, -0.05) is 117 Å². The van der Waals surface area contributed by atoms with Crippen LogP contribution in [0.4, 0.5) is 17.1 Å². The van der Waals surface area contributed by atoms with E-state index in [0.29, 0.717) is 0 Å². The maximum Gasteiger partial charge on any atom is 0.498 e. The molecule has 7 aromatic rings. The van der Waals surface area contributed by atoms with Crippen LogP contribution in [0.3, 0.4) is 0 Å². The fourth-order valence-corrected chi connectivity index (χ4v) is 7.85. The van der Waals surface area contributed by atoms with E-state index in [1.54, 1.807) is 0 Å². The summed E-state index contributed by atoms with van der Waals surface area (Å²) in [5.41, 5.74) is 12.2. The van der Waals surface area contributed by atoms with Gasteiger partial charge in [-0.15, -0.1) is 0 Å². The van der Waals surface area contributed by atoms with E-state index in [1.165, 1.54) is 33.4 Å². The van der Waals surface area contributed by atoms with Crippen molar-refractivity contribution >= 4 is 51.6 Å². The van der Waals surface area contributed by atoms with Crippen molar-refractivity contribution < 1.29 is 13.7 Å². The van der Waals surface area contributed by atoms with Crippen LogP contribution in [0.1, 0.15) is 52.7 Å². The number of rotatable bonds is 5. The number of nitrogens with zero attached hydrogens (tertiary/aromatic N) is 1. The summed E-state index contributed by atoms with van der Waals surface area (Å²) >= 11 is 0. The van der Waals surface area contributed by atoms with Crippen LogP contribution < -0.4 is 10.4 Å². The molecule has 1 aliphatic heterocycles. The van der Waals surface area contributed by atoms with Gasteiger partial charge in [-0.2, -0.15) is 0 Å². The maximum atomic E-state index is 6.96. The number of anilines is 3. The molecule has 0 radical (unpaired) electrons. The SMILES string of the molecule is CC1(C)c2ccccc2-c2ccc(N(c3ccc(-c4ccccc4)cc3)c3cccc4c3oc3c(B5OC(C)(C)C(C)(C)O5)cccc34)cc21. The van der Waals surface area contributed by atoms with Crippen molar-refractivity contribution in [2.75, 3.05) is 4.90 Å². The molecule has 5 heteroatoms. The van der Waals surface area contributed by atoms with Gasteiger partial charge < -0.3 is 18.6 Å². The van der Waals surface area contributed by atoms with Crippen LogP contribution in [0.25, 0.3) is 44.2 Å². The molecule has 1 aromatic heterocycles. The number of fused-ring (bicyclic) bond motifs is 6. The number of hydrogen-bond donors (Lipinski definition) is 0. The van der Waals surface area contributed by atoms with Gasteiger partial charge in [0.1, 0.15) is 5.58 Å². The predicted octanol–water partition coefficient (Wildman–Crippen LogP) is 11.3. The molecule has 9 rings (SSSR count). The minimum atomic E-state index is -0.532. The first kappa shape index (κ1) is 30.9. The first-order valence-corrected chi connectivity index (χ1v) is 17.5. The predicted molar refractivity (Wildman–Crippen MR) is 207 cm³/mol. The molecule has 0 bridgehead atoms. The molecule has 2 heterocycles. The van der Waals surface area contributed by atoms with Gasteiger partial charge in [-0.05, 0) is 91.4 Å². The molecular formula is C45H40BNO3. The average Bonchev–Trinajstić information content (AvgIpc) is 3.69. The highest BCUT2D eigenvalue weighted by atomic mass is 16.7. The number of hydrogen-bond acceptors (Lipinski definition) is 4. The van der Waals surface area contributed by atoms with Gasteiger partial charge in [0.05, 0.1) is 16.9 Å². The van der Waals surface area contributed by atoms with E-state index in [2.05, 4.69) is 180 Å². The number of furan rings is 1. The van der Waals surface area contributed by atoms with Gasteiger partial charge in [-0.3, -0.25) is 0 Å². The molecule has 0 spiro atoms. The lowest BCUT2D eigenvalue weighted by atomic mass is 9.78. The molecule has 6 aromatic carbocycles. The summed E-state index contributed by atoms with van der Waals surface area (Å²) in [4.78, 5) is 2.34. The zero-order valence-electron chi connectivity index (χ0n) is 29.5. The Morgan fingerprint density at radius 2 is 1.10 bits per heavy atom. The van der Waals surface area contributed by atoms with E-state index in [-0.39, 0.29) is 5.41 Å². The molecule has 1 fully saturated rings. The standard InChI is InChI=1S/C45H40BNO3/c1-43(2)37-19-11-10-16-33(37)34-27-26-32(28-38(34)43)47(31-24-22-30(23-25-31)29-14-8-7-9-15-29)40-21-13-18-36-35-17-12-20-39(41(35)48-42(36)40)46-49-44(3,4)45(5,6)50-46/h7-28H,1-6H3. The molecule has 246 valence electrons. The van der Waals surface area contributed by atoms with Crippen molar-refractivity contribution in [3.8, 4) is 22.3 Å². The van der Waals surface area contributed by atoms with Gasteiger partial charge in [-0.25, -0.2) is 0 Å². The molecule has 0 atom stereocenters. The monoisotopic (exact) mass is 653 g/mol. The van der Waals surface area contributed by atoms with Crippen molar-refractivity contribution in [3.63, 3.8) is 0 Å². The molecule has 0 unspecified atom stereocenters. The second-order valence-electron chi connectivity index (χ2n) is 15.2. The Morgan fingerprint density at radius 3 is 1.84 bits per heavy atom. The van der Waals surface area contributed by atoms with Crippen molar-refractivity contribution in [1.82, 2.24) is 0 Å². The maximum absolute atomic E-state index is 6.96. The summed E-state index contributed by atoms with van der Waals surface area (Å²) in [6.07, 6.45) is 0. The second kappa shape index (κ2) is 11.0. The highest BCUT2D eigenvalue weighted by molar-refractivity contribution is 6.65. The largest absolute Gasteiger partial charge is 0.498 e. The van der Waals surface area contributed by atoms with Gasteiger partial charge in [0.2, 0.25) is 0 Å². The normalized spacial score (nSPS) is 16.9. The van der Waals surface area contributed by atoms with Crippen LogP contribution in [0, 0.1) is 0 Å². The van der Waals surface area contributed by atoms with Crippen molar-refractivity contribution in [2.45, 2.75) is 58.2 Å². The highest BCUT2D eigenvalue weighted by Gasteiger charge is 2.52. The Hall–Kier alpha value is -5.10. The van der Waals surface area contributed by atoms with E-state index in [1.807, 2.05) is 0 Å². The fourth-order valence-electron chi connectivity index (χ4n) is 7.85. The first-order valence-electron chi connectivity index (χ1n) is 17.5. The molecule has 0 N–H and O–H groups in total. The average molecular weight is 654 g/mol. The molecule has 0 amide bonds. The van der Waals surface area contributed by atoms with Crippen molar-refractivity contribution in [1.29, 1.82) is 0 Å². The smallest absolute Gasteiger partial charge is 0.454 e. The van der Waals surface area contributed by atoms with Crippen LogP contribution in [-0.4, -0.2) is 18.3 Å². The van der Waals surface area contributed by atoms with Crippen molar-refractivity contribution in [2.24, 2.45) is 0 Å². The fraction of sp³-hybridized carbons (Fsp3) is 0.200. The van der Waals surface area contributed by atoms with E-state index < -0.39 is 18.3 Å². The molecular weight excluding hydrogens is 613 g/mol. The third-order valence-corrected chi connectivity index (χ3v) is 11.3. The van der Waals surface area contributed by atoms with E-state index in [0.717, 1.165) is 44.5 Å². The van der Waals surface area contributed by atoms with Gasteiger partial charge in [0.25, 0.3) is 0 Å². The second-order valence-corrected chi connectivity index (χ2v) is 15.2. The Morgan fingerprint density at radius 1 is 0.500 bits per heavy atom. The lowest BCUT2D eigenvalue weighted by molar-refractivity contribution is 0.00578. The Balaban J connectivity index is 1.24. The van der Waals surface area contributed by atoms with E-state index in [9.17, 15) is 0 Å². The topological polar surface area (TPSA) is 34.8 Å². The van der Waals surface area contributed by atoms with E-state index in [4.69, 9.17) is 13.7 Å². The van der Waals surface area contributed by atoms with Crippen LogP contribution in [-0.2, 0) is 14.7 Å². The zero-order chi connectivity index (χ0) is 34.4. The summed E-state index contributed by atoms with van der Waals surface area (Å²) in [7, 11) is -0.532. The zero-order valence-corrected chi connectivity index (χ0v) is 29.5. The molecule has 0 saturated carbocycles. The Bertz CT molecular complexity index is 2410. The summed E-state index contributed by atoms with van der Waals surface area (Å²) in [6, 6.07) is 47.8. The summed E-state index contributed by atoms with van der Waals surface area (Å²) < 4.78 is 20.0. The molecule has 1 saturated heterocycles. The Kier molecular flexibility index (Phi) is 6.77. The third-order valence-electron chi connectivity index (χ3n) is 11.3. The third kappa shape index (κ3) is 4.61. The highest BCUT2D eigenvalue weighted by Crippen LogP contribution is 2.51. The quantitative estimate of drug-likeness (QED) is 0.173. The van der Waals surface area contributed by atoms with E-state index >= 15 is 0 Å². The van der Waals surface area contributed by atoms with Gasteiger partial charge in [0.15, 0.2) is 5.58 Å². The number of para-hydroxylation sites is 2. The molecule has 50 heavy (non-hydrogen) atoms. The van der Waals surface area contributed by atoms with Crippen LogP contribution in [0.2, 0.25) is 0 Å². The molecule has 1 aliphatic carbocycles. The summed E-state index contributed by atoms with van der Waals surface area (Å²) in [5.74, 6) is 0. The van der Waals surface area contributed by atoms with Crippen molar-refractivity contribution in [3.05, 3.63) is 145 Å². The number of benzene rings is 6. The molecule has 4 nitrogen and oxygen atoms in total.